The number of para-hydroxylation sites is 1. The van der Waals surface area contributed by atoms with Crippen LogP contribution in [0, 0.1) is 10.1 Å². The van der Waals surface area contributed by atoms with E-state index < -0.39 is 4.92 Å². The number of rotatable bonds is 7. The molecule has 0 fully saturated rings. The highest BCUT2D eigenvalue weighted by atomic mass is 16.6. The van der Waals surface area contributed by atoms with Crippen LogP contribution < -0.4 is 10.5 Å². The zero-order chi connectivity index (χ0) is 20.2. The number of aromatic amines is 1. The number of H-pyrrole nitrogens is 1. The molecule has 7 nitrogen and oxygen atoms in total. The number of nitro benzene ring substituents is 1. The number of non-ortho nitro benzene ring substituents is 1. The van der Waals surface area contributed by atoms with Gasteiger partial charge in [0.05, 0.1) is 11.1 Å². The number of nitrogens with two attached hydrogens (primary N) is 1. The van der Waals surface area contributed by atoms with Crippen LogP contribution >= 0.6 is 0 Å². The van der Waals surface area contributed by atoms with Gasteiger partial charge in [-0.2, -0.15) is 0 Å². The Bertz CT molecular complexity index is 1140. The van der Waals surface area contributed by atoms with Gasteiger partial charge in [-0.25, -0.2) is 0 Å². The van der Waals surface area contributed by atoms with Crippen molar-refractivity contribution in [3.63, 3.8) is 0 Å². The first-order valence-corrected chi connectivity index (χ1v) is 9.23. The fraction of sp³-hybridized carbons (Fsp3) is 0.136. The molecule has 0 saturated carbocycles. The quantitative estimate of drug-likeness (QED) is 0.366. The van der Waals surface area contributed by atoms with Crippen molar-refractivity contribution >= 4 is 16.6 Å². The van der Waals surface area contributed by atoms with E-state index in [1.54, 1.807) is 24.5 Å². The minimum atomic E-state index is -0.420. The summed E-state index contributed by atoms with van der Waals surface area (Å²) in [4.78, 5) is 17.8. The maximum absolute atomic E-state index is 10.8. The Kier molecular flexibility index (Phi) is 5.22. The molecule has 2 aromatic carbocycles. The summed E-state index contributed by atoms with van der Waals surface area (Å²) >= 11 is 0. The molecule has 29 heavy (non-hydrogen) atoms. The van der Waals surface area contributed by atoms with Gasteiger partial charge in [0, 0.05) is 47.0 Å². The number of aromatic nitrogens is 2. The highest BCUT2D eigenvalue weighted by Crippen LogP contribution is 2.25. The number of nitrogens with zero attached hydrogens (tertiary/aromatic N) is 2. The molecule has 0 spiro atoms. The average molecular weight is 388 g/mol. The first-order valence-electron chi connectivity index (χ1n) is 9.23. The van der Waals surface area contributed by atoms with E-state index in [4.69, 9.17) is 10.5 Å². The molecular weight excluding hydrogens is 368 g/mol. The van der Waals surface area contributed by atoms with Crippen LogP contribution in [0.5, 0.6) is 5.75 Å². The zero-order valence-corrected chi connectivity index (χ0v) is 15.6. The van der Waals surface area contributed by atoms with E-state index >= 15 is 0 Å². The van der Waals surface area contributed by atoms with E-state index in [1.807, 2.05) is 30.5 Å². The normalized spacial score (nSPS) is 12.0. The standard InChI is InChI=1S/C22H20N4O3/c23-18(9-17-12-25-22-4-2-1-3-21(17)22)14-29-20-10-16(11-24-13-20)15-5-7-19(8-6-15)26(27)28/h1-8,10-13,18,25H,9,14,23H2/t18-/m0/s1. The fourth-order valence-electron chi connectivity index (χ4n) is 3.28. The minimum absolute atomic E-state index is 0.0531. The summed E-state index contributed by atoms with van der Waals surface area (Å²) in [5.74, 6) is 0.607. The summed E-state index contributed by atoms with van der Waals surface area (Å²) in [6.45, 7) is 0.352. The van der Waals surface area contributed by atoms with E-state index in [1.165, 1.54) is 17.5 Å². The van der Waals surface area contributed by atoms with Crippen molar-refractivity contribution in [2.24, 2.45) is 5.73 Å². The highest BCUT2D eigenvalue weighted by molar-refractivity contribution is 5.83. The van der Waals surface area contributed by atoms with Gasteiger partial charge in [-0.15, -0.1) is 0 Å². The van der Waals surface area contributed by atoms with Gasteiger partial charge in [-0.05, 0) is 41.8 Å². The van der Waals surface area contributed by atoms with Gasteiger partial charge in [0.15, 0.2) is 0 Å². The van der Waals surface area contributed by atoms with Gasteiger partial charge in [0.1, 0.15) is 12.4 Å². The van der Waals surface area contributed by atoms with Crippen molar-refractivity contribution in [2.45, 2.75) is 12.5 Å². The van der Waals surface area contributed by atoms with Crippen molar-refractivity contribution in [3.8, 4) is 16.9 Å². The molecule has 4 rings (SSSR count). The number of nitrogens with one attached hydrogen (secondary N) is 1. The van der Waals surface area contributed by atoms with Crippen LogP contribution in [0.2, 0.25) is 0 Å². The second kappa shape index (κ2) is 8.12. The summed E-state index contributed by atoms with van der Waals surface area (Å²) in [6, 6.07) is 16.1. The number of hydrogen-bond donors (Lipinski definition) is 2. The summed E-state index contributed by atoms with van der Waals surface area (Å²) in [6.07, 6.45) is 6.01. The minimum Gasteiger partial charge on any atom is -0.490 e. The van der Waals surface area contributed by atoms with Crippen LogP contribution in [-0.2, 0) is 6.42 Å². The summed E-state index contributed by atoms with van der Waals surface area (Å²) in [7, 11) is 0. The molecule has 0 unspecified atom stereocenters. The van der Waals surface area contributed by atoms with Crippen LogP contribution in [0.1, 0.15) is 5.56 Å². The van der Waals surface area contributed by atoms with Gasteiger partial charge in [-0.3, -0.25) is 15.1 Å². The Morgan fingerprint density at radius 2 is 1.90 bits per heavy atom. The van der Waals surface area contributed by atoms with Gasteiger partial charge in [0.2, 0.25) is 0 Å². The Balaban J connectivity index is 1.40. The van der Waals surface area contributed by atoms with Crippen molar-refractivity contribution < 1.29 is 9.66 Å². The van der Waals surface area contributed by atoms with E-state index in [9.17, 15) is 10.1 Å². The largest absolute Gasteiger partial charge is 0.490 e. The number of ether oxygens (including phenoxy) is 1. The lowest BCUT2D eigenvalue weighted by atomic mass is 10.1. The highest BCUT2D eigenvalue weighted by Gasteiger charge is 2.11. The first kappa shape index (κ1) is 18.6. The average Bonchev–Trinajstić information content (AvgIpc) is 3.15. The monoisotopic (exact) mass is 388 g/mol. The molecular formula is C22H20N4O3. The number of nitro groups is 1. The van der Waals surface area contributed by atoms with Crippen LogP contribution in [-0.4, -0.2) is 27.5 Å². The lowest BCUT2D eigenvalue weighted by Gasteiger charge is -2.13. The Morgan fingerprint density at radius 3 is 2.69 bits per heavy atom. The van der Waals surface area contributed by atoms with Crippen LogP contribution in [0.15, 0.2) is 73.2 Å². The van der Waals surface area contributed by atoms with Gasteiger partial charge in [0.25, 0.3) is 5.69 Å². The lowest BCUT2D eigenvalue weighted by Crippen LogP contribution is -2.30. The molecule has 2 heterocycles. The summed E-state index contributed by atoms with van der Waals surface area (Å²) in [5, 5.41) is 12.0. The lowest BCUT2D eigenvalue weighted by molar-refractivity contribution is -0.384. The molecule has 4 aromatic rings. The molecule has 0 amide bonds. The smallest absolute Gasteiger partial charge is 0.269 e. The van der Waals surface area contributed by atoms with Crippen LogP contribution in [0.25, 0.3) is 22.0 Å². The number of fused-ring (bicyclic) bond motifs is 1. The SMILES string of the molecule is N[C@H](COc1cncc(-c2ccc([N+](=O)[O-])cc2)c1)Cc1c[nH]c2ccccc12. The maximum atomic E-state index is 10.8. The summed E-state index contributed by atoms with van der Waals surface area (Å²) < 4.78 is 5.85. The Hall–Kier alpha value is -3.71. The Morgan fingerprint density at radius 1 is 1.10 bits per heavy atom. The maximum Gasteiger partial charge on any atom is 0.269 e. The number of benzene rings is 2. The third-order valence-corrected chi connectivity index (χ3v) is 4.75. The Labute approximate surface area is 167 Å². The van der Waals surface area contributed by atoms with Gasteiger partial charge in [-0.1, -0.05) is 18.2 Å². The molecule has 0 radical (unpaired) electrons. The number of pyridine rings is 1. The predicted molar refractivity (Wildman–Crippen MR) is 112 cm³/mol. The van der Waals surface area contributed by atoms with E-state index in [0.717, 1.165) is 22.2 Å². The van der Waals surface area contributed by atoms with Crippen LogP contribution in [0.4, 0.5) is 5.69 Å². The molecule has 1 atom stereocenters. The zero-order valence-electron chi connectivity index (χ0n) is 15.6. The molecule has 2 aromatic heterocycles. The molecule has 3 N–H and O–H groups in total. The predicted octanol–water partition coefficient (Wildman–Crippen LogP) is 4.09. The third-order valence-electron chi connectivity index (χ3n) is 4.75. The van der Waals surface area contributed by atoms with Gasteiger partial charge >= 0.3 is 0 Å². The topological polar surface area (TPSA) is 107 Å². The van der Waals surface area contributed by atoms with Gasteiger partial charge < -0.3 is 15.5 Å². The molecule has 0 aliphatic rings. The van der Waals surface area contributed by atoms with Crippen LogP contribution in [0.3, 0.4) is 0 Å². The molecule has 146 valence electrons. The third kappa shape index (κ3) is 4.25. The molecule has 7 heteroatoms. The van der Waals surface area contributed by atoms with E-state index in [-0.39, 0.29) is 11.7 Å². The fourth-order valence-corrected chi connectivity index (χ4v) is 3.28. The van der Waals surface area contributed by atoms with Crippen molar-refractivity contribution in [2.75, 3.05) is 6.61 Å². The number of hydrogen-bond acceptors (Lipinski definition) is 5. The van der Waals surface area contributed by atoms with Crippen molar-refractivity contribution in [1.29, 1.82) is 0 Å². The molecule has 0 bridgehead atoms. The second-order valence-corrected chi connectivity index (χ2v) is 6.85. The molecule has 0 saturated heterocycles. The van der Waals surface area contributed by atoms with E-state index in [2.05, 4.69) is 16.0 Å². The first-order chi connectivity index (χ1) is 14.1. The molecule has 0 aliphatic carbocycles. The van der Waals surface area contributed by atoms with Crippen molar-refractivity contribution in [1.82, 2.24) is 9.97 Å². The summed E-state index contributed by atoms with van der Waals surface area (Å²) in [5.41, 5.74) is 10.2. The molecule has 0 aliphatic heterocycles. The van der Waals surface area contributed by atoms with E-state index in [0.29, 0.717) is 18.8 Å². The van der Waals surface area contributed by atoms with Crippen molar-refractivity contribution in [3.05, 3.63) is 88.9 Å². The second-order valence-electron chi connectivity index (χ2n) is 6.85.